The molecule has 0 spiro atoms. The number of rotatable bonds is 3. The van der Waals surface area contributed by atoms with E-state index in [9.17, 15) is 0 Å². The van der Waals surface area contributed by atoms with Gasteiger partial charge in [-0.05, 0) is 25.5 Å². The molecule has 0 saturated carbocycles. The molecule has 0 saturated heterocycles. The Bertz CT molecular complexity index is 332. The monoisotopic (exact) mass is 211 g/mol. The zero-order valence-corrected chi connectivity index (χ0v) is 9.05. The smallest absolute Gasteiger partial charge is 0.0658 e. The van der Waals surface area contributed by atoms with Gasteiger partial charge in [-0.3, -0.25) is 10.8 Å². The van der Waals surface area contributed by atoms with Crippen molar-refractivity contribution in [3.63, 3.8) is 0 Å². The van der Waals surface area contributed by atoms with E-state index in [4.69, 9.17) is 17.4 Å². The highest BCUT2D eigenvalue weighted by molar-refractivity contribution is 6.31. The maximum Gasteiger partial charge on any atom is 0.0658 e. The summed E-state index contributed by atoms with van der Waals surface area (Å²) in [5, 5.41) is 0.618. The molecule has 0 aliphatic heterocycles. The van der Waals surface area contributed by atoms with Gasteiger partial charge in [-0.25, -0.2) is 5.43 Å². The van der Waals surface area contributed by atoms with Gasteiger partial charge in [-0.15, -0.1) is 0 Å². The summed E-state index contributed by atoms with van der Waals surface area (Å²) in [7, 11) is 0. The molecule has 0 amide bonds. The van der Waals surface area contributed by atoms with Crippen molar-refractivity contribution >= 4 is 11.6 Å². The number of hydrazine groups is 1. The quantitative estimate of drug-likeness (QED) is 0.458. The van der Waals surface area contributed by atoms with Crippen LogP contribution in [0.1, 0.15) is 25.5 Å². The van der Waals surface area contributed by atoms with E-state index in [2.05, 4.69) is 10.4 Å². The summed E-state index contributed by atoms with van der Waals surface area (Å²) in [6.07, 6.45) is 5.33. The van der Waals surface area contributed by atoms with Crippen molar-refractivity contribution in [2.45, 2.75) is 19.9 Å². The van der Waals surface area contributed by atoms with Gasteiger partial charge >= 0.3 is 0 Å². The average Bonchev–Trinajstić information content (AvgIpc) is 2.15. The minimum absolute atomic E-state index is 0.0597. The van der Waals surface area contributed by atoms with Crippen LogP contribution in [0.4, 0.5) is 0 Å². The van der Waals surface area contributed by atoms with Crippen LogP contribution in [0.15, 0.2) is 30.1 Å². The van der Waals surface area contributed by atoms with E-state index in [0.717, 1.165) is 5.56 Å². The van der Waals surface area contributed by atoms with E-state index >= 15 is 0 Å². The zero-order chi connectivity index (χ0) is 10.6. The number of allylic oxidation sites excluding steroid dienone is 1. The number of nitrogens with zero attached hydrogens (tertiary/aromatic N) is 1. The van der Waals surface area contributed by atoms with Gasteiger partial charge in [0.05, 0.1) is 11.1 Å². The summed E-state index contributed by atoms with van der Waals surface area (Å²) >= 11 is 5.99. The van der Waals surface area contributed by atoms with E-state index in [1.807, 2.05) is 26.0 Å². The highest BCUT2D eigenvalue weighted by Crippen LogP contribution is 2.22. The first kappa shape index (κ1) is 11.2. The lowest BCUT2D eigenvalue weighted by Gasteiger charge is -2.13. The van der Waals surface area contributed by atoms with Crippen LogP contribution in [-0.2, 0) is 0 Å². The average molecular weight is 212 g/mol. The predicted octanol–water partition coefficient (Wildman–Crippen LogP) is 2.21. The molecular formula is C10H14ClN3. The summed E-state index contributed by atoms with van der Waals surface area (Å²) in [4.78, 5) is 3.92. The van der Waals surface area contributed by atoms with Gasteiger partial charge in [0.25, 0.3) is 0 Å². The Morgan fingerprint density at radius 3 is 2.86 bits per heavy atom. The van der Waals surface area contributed by atoms with Crippen LogP contribution >= 0.6 is 11.6 Å². The highest BCUT2D eigenvalue weighted by atomic mass is 35.5. The molecule has 1 heterocycles. The Morgan fingerprint density at radius 2 is 2.36 bits per heavy atom. The minimum Gasteiger partial charge on any atom is -0.271 e. The molecule has 3 N–H and O–H groups in total. The molecule has 4 heteroatoms. The van der Waals surface area contributed by atoms with Gasteiger partial charge in [-0.2, -0.15) is 0 Å². The zero-order valence-electron chi connectivity index (χ0n) is 8.29. The Hall–Kier alpha value is -0.900. The summed E-state index contributed by atoms with van der Waals surface area (Å²) in [6.45, 7) is 4.03. The molecular weight excluding hydrogens is 198 g/mol. The SMILES string of the molecule is CC(C)=CC(NN)c1ccncc1Cl. The van der Waals surface area contributed by atoms with Crippen LogP contribution in [0.3, 0.4) is 0 Å². The highest BCUT2D eigenvalue weighted by Gasteiger charge is 2.09. The molecule has 76 valence electrons. The number of nitrogens with two attached hydrogens (primary N) is 1. The molecule has 1 aromatic heterocycles. The molecule has 0 aliphatic carbocycles. The van der Waals surface area contributed by atoms with Crippen molar-refractivity contribution in [1.29, 1.82) is 0 Å². The molecule has 14 heavy (non-hydrogen) atoms. The van der Waals surface area contributed by atoms with E-state index in [1.54, 1.807) is 12.4 Å². The number of hydrogen-bond donors (Lipinski definition) is 2. The minimum atomic E-state index is -0.0597. The van der Waals surface area contributed by atoms with Crippen molar-refractivity contribution in [2.24, 2.45) is 5.84 Å². The van der Waals surface area contributed by atoms with Crippen molar-refractivity contribution in [2.75, 3.05) is 0 Å². The van der Waals surface area contributed by atoms with Gasteiger partial charge in [0.2, 0.25) is 0 Å². The largest absolute Gasteiger partial charge is 0.271 e. The topological polar surface area (TPSA) is 50.9 Å². The van der Waals surface area contributed by atoms with E-state index < -0.39 is 0 Å². The molecule has 1 rings (SSSR count). The van der Waals surface area contributed by atoms with Gasteiger partial charge in [0.1, 0.15) is 0 Å². The van der Waals surface area contributed by atoms with Gasteiger partial charge in [0.15, 0.2) is 0 Å². The standard InChI is InChI=1S/C10H14ClN3/c1-7(2)5-10(14-12)8-3-4-13-6-9(8)11/h3-6,10,14H,12H2,1-2H3. The lowest BCUT2D eigenvalue weighted by molar-refractivity contribution is 0.651. The maximum absolute atomic E-state index is 5.99. The molecule has 0 fully saturated rings. The normalized spacial score (nSPS) is 12.3. The third kappa shape index (κ3) is 2.80. The number of pyridine rings is 1. The molecule has 3 nitrogen and oxygen atoms in total. The van der Waals surface area contributed by atoms with Crippen LogP contribution in [0.2, 0.25) is 5.02 Å². The number of hydrogen-bond acceptors (Lipinski definition) is 3. The Balaban J connectivity index is 3.01. The fraction of sp³-hybridized carbons (Fsp3) is 0.300. The summed E-state index contributed by atoms with van der Waals surface area (Å²) < 4.78 is 0. The molecule has 1 aromatic rings. The third-order valence-electron chi connectivity index (χ3n) is 1.82. The lowest BCUT2D eigenvalue weighted by Crippen LogP contribution is -2.27. The van der Waals surface area contributed by atoms with Crippen molar-refractivity contribution in [3.05, 3.63) is 40.7 Å². The number of halogens is 1. The fourth-order valence-electron chi connectivity index (χ4n) is 1.20. The van der Waals surface area contributed by atoms with Gasteiger partial charge < -0.3 is 0 Å². The predicted molar refractivity (Wildman–Crippen MR) is 58.7 cm³/mol. The first-order valence-corrected chi connectivity index (χ1v) is 4.73. The molecule has 1 atom stereocenters. The maximum atomic E-state index is 5.99. The van der Waals surface area contributed by atoms with Crippen LogP contribution in [-0.4, -0.2) is 4.98 Å². The van der Waals surface area contributed by atoms with E-state index in [1.165, 1.54) is 5.57 Å². The Kier molecular flexibility index (Phi) is 4.07. The molecule has 0 aliphatic rings. The fourth-order valence-corrected chi connectivity index (χ4v) is 1.44. The first-order valence-electron chi connectivity index (χ1n) is 4.35. The Labute approximate surface area is 88.9 Å². The second kappa shape index (κ2) is 5.10. The van der Waals surface area contributed by atoms with Crippen molar-refractivity contribution < 1.29 is 0 Å². The third-order valence-corrected chi connectivity index (χ3v) is 2.13. The second-order valence-corrected chi connectivity index (χ2v) is 3.69. The molecule has 0 bridgehead atoms. The summed E-state index contributed by atoms with van der Waals surface area (Å²) in [5.74, 6) is 5.45. The second-order valence-electron chi connectivity index (χ2n) is 3.29. The number of aromatic nitrogens is 1. The summed E-state index contributed by atoms with van der Waals surface area (Å²) in [5.41, 5.74) is 4.82. The van der Waals surface area contributed by atoms with Crippen LogP contribution < -0.4 is 11.3 Å². The molecule has 0 aromatic carbocycles. The van der Waals surface area contributed by atoms with Crippen LogP contribution in [0.25, 0.3) is 0 Å². The van der Waals surface area contributed by atoms with Gasteiger partial charge in [-0.1, -0.05) is 23.3 Å². The van der Waals surface area contributed by atoms with Crippen molar-refractivity contribution in [3.8, 4) is 0 Å². The van der Waals surface area contributed by atoms with Crippen LogP contribution in [0.5, 0.6) is 0 Å². The molecule has 0 radical (unpaired) electrons. The molecule has 1 unspecified atom stereocenters. The van der Waals surface area contributed by atoms with Crippen LogP contribution in [0, 0.1) is 0 Å². The van der Waals surface area contributed by atoms with Crippen molar-refractivity contribution in [1.82, 2.24) is 10.4 Å². The Morgan fingerprint density at radius 1 is 1.64 bits per heavy atom. The van der Waals surface area contributed by atoms with Gasteiger partial charge in [0, 0.05) is 12.4 Å². The van der Waals surface area contributed by atoms with E-state index in [0.29, 0.717) is 5.02 Å². The lowest BCUT2D eigenvalue weighted by atomic mass is 10.1. The first-order chi connectivity index (χ1) is 6.65. The summed E-state index contributed by atoms with van der Waals surface area (Å²) in [6, 6.07) is 1.79. The number of nitrogens with one attached hydrogen (secondary N) is 1. The van der Waals surface area contributed by atoms with E-state index in [-0.39, 0.29) is 6.04 Å².